The molecule has 4 rings (SSSR count). The molecule has 3 fully saturated rings. The summed E-state index contributed by atoms with van der Waals surface area (Å²) in [4.78, 5) is 28.7. The van der Waals surface area contributed by atoms with Crippen molar-refractivity contribution < 1.29 is 18.7 Å². The summed E-state index contributed by atoms with van der Waals surface area (Å²) in [5, 5.41) is 0. The zero-order chi connectivity index (χ0) is 15.8. The Bertz CT molecular complexity index is 585. The molecule has 4 heterocycles. The molecule has 6 heteroatoms. The summed E-state index contributed by atoms with van der Waals surface area (Å²) in [6.45, 7) is 2.79. The molecule has 0 unspecified atom stereocenters. The molecule has 124 valence electrons. The maximum atomic E-state index is 12.7. The first-order chi connectivity index (χ1) is 11.2. The van der Waals surface area contributed by atoms with E-state index in [4.69, 9.17) is 9.15 Å². The van der Waals surface area contributed by atoms with Crippen molar-refractivity contribution in [3.63, 3.8) is 0 Å². The van der Waals surface area contributed by atoms with Crippen LogP contribution in [0.2, 0.25) is 0 Å². The summed E-state index contributed by atoms with van der Waals surface area (Å²) < 4.78 is 11.1. The second-order valence-corrected chi connectivity index (χ2v) is 6.72. The van der Waals surface area contributed by atoms with Gasteiger partial charge in [0.15, 0.2) is 0 Å². The molecule has 0 N–H and O–H groups in total. The van der Waals surface area contributed by atoms with Crippen LogP contribution in [0.15, 0.2) is 23.0 Å². The number of furan rings is 1. The van der Waals surface area contributed by atoms with Gasteiger partial charge >= 0.3 is 0 Å². The molecule has 0 aromatic carbocycles. The second-order valence-electron chi connectivity index (χ2n) is 6.72. The first-order valence-corrected chi connectivity index (χ1v) is 8.46. The molecule has 23 heavy (non-hydrogen) atoms. The number of hydrogen-bond donors (Lipinski definition) is 0. The average Bonchev–Trinajstić information content (AvgIpc) is 3.24. The van der Waals surface area contributed by atoms with E-state index in [1.54, 1.807) is 6.07 Å². The minimum atomic E-state index is -0.0144. The van der Waals surface area contributed by atoms with E-state index in [2.05, 4.69) is 0 Å². The molecule has 0 radical (unpaired) electrons. The molecule has 1 aromatic rings. The molecule has 0 aliphatic carbocycles. The topological polar surface area (TPSA) is 63.0 Å². The van der Waals surface area contributed by atoms with Gasteiger partial charge in [0.25, 0.3) is 5.91 Å². The minimum absolute atomic E-state index is 0.0140. The number of amides is 2. The molecule has 3 saturated heterocycles. The highest BCUT2D eigenvalue weighted by molar-refractivity contribution is 5.94. The second kappa shape index (κ2) is 6.00. The van der Waals surface area contributed by atoms with Gasteiger partial charge in [-0.15, -0.1) is 0 Å². The lowest BCUT2D eigenvalue weighted by Crippen LogP contribution is -2.62. The van der Waals surface area contributed by atoms with Gasteiger partial charge in [-0.25, -0.2) is 0 Å². The molecule has 3 aliphatic rings. The summed E-state index contributed by atoms with van der Waals surface area (Å²) in [6.07, 6.45) is 6.67. The Morgan fingerprint density at radius 1 is 1.26 bits per heavy atom. The van der Waals surface area contributed by atoms with E-state index in [9.17, 15) is 9.59 Å². The highest BCUT2D eigenvalue weighted by atomic mass is 16.5. The van der Waals surface area contributed by atoms with Gasteiger partial charge in [-0.3, -0.25) is 9.59 Å². The summed E-state index contributed by atoms with van der Waals surface area (Å²) >= 11 is 0. The third-order valence-electron chi connectivity index (χ3n) is 5.30. The van der Waals surface area contributed by atoms with Crippen molar-refractivity contribution in [3.8, 4) is 0 Å². The van der Waals surface area contributed by atoms with Crippen LogP contribution >= 0.6 is 0 Å². The van der Waals surface area contributed by atoms with Gasteiger partial charge in [0.05, 0.1) is 24.0 Å². The largest absolute Gasteiger partial charge is 0.472 e. The van der Waals surface area contributed by atoms with Crippen molar-refractivity contribution in [2.75, 3.05) is 26.2 Å². The number of carbonyl (C=O) groups is 2. The van der Waals surface area contributed by atoms with Crippen molar-refractivity contribution in [2.45, 2.75) is 37.8 Å². The molecular formula is C17H22N2O4. The molecular weight excluding hydrogens is 296 g/mol. The first kappa shape index (κ1) is 14.8. The lowest BCUT2D eigenvalue weighted by Gasteiger charge is -2.48. The molecule has 0 spiro atoms. The van der Waals surface area contributed by atoms with Gasteiger partial charge in [0, 0.05) is 38.6 Å². The standard InChI is InChI=1S/C17H22N2O4/c20-15-4-1-6-19(15)14-10-18(17(21)13-5-8-22-11-13)9-12-3-2-7-23-16(12)14/h5,8,11-12,14,16H,1-4,6-7,9-10H2/t12-,14+,16-/m0/s1. The molecule has 0 bridgehead atoms. The molecule has 3 atom stereocenters. The molecule has 6 nitrogen and oxygen atoms in total. The van der Waals surface area contributed by atoms with Gasteiger partial charge in [0.2, 0.25) is 5.91 Å². The van der Waals surface area contributed by atoms with Crippen LogP contribution in [0.5, 0.6) is 0 Å². The normalized spacial score (nSPS) is 31.3. The number of fused-ring (bicyclic) bond motifs is 1. The van der Waals surface area contributed by atoms with Crippen LogP contribution in [0.4, 0.5) is 0 Å². The summed E-state index contributed by atoms with van der Waals surface area (Å²) in [7, 11) is 0. The van der Waals surface area contributed by atoms with Crippen LogP contribution in [0.1, 0.15) is 36.0 Å². The Morgan fingerprint density at radius 2 is 2.17 bits per heavy atom. The fourth-order valence-electron chi connectivity index (χ4n) is 4.20. The number of hydrogen-bond acceptors (Lipinski definition) is 4. The molecule has 3 aliphatic heterocycles. The zero-order valence-electron chi connectivity index (χ0n) is 13.1. The van der Waals surface area contributed by atoms with Gasteiger partial charge in [-0.1, -0.05) is 0 Å². The van der Waals surface area contributed by atoms with Crippen molar-refractivity contribution in [1.82, 2.24) is 9.80 Å². The Balaban J connectivity index is 1.58. The Labute approximate surface area is 135 Å². The number of ether oxygens (including phenoxy) is 1. The van der Waals surface area contributed by atoms with Gasteiger partial charge < -0.3 is 19.0 Å². The van der Waals surface area contributed by atoms with Crippen molar-refractivity contribution >= 4 is 11.8 Å². The average molecular weight is 318 g/mol. The Kier molecular flexibility index (Phi) is 3.85. The summed E-state index contributed by atoms with van der Waals surface area (Å²) in [5.74, 6) is 0.492. The van der Waals surface area contributed by atoms with E-state index < -0.39 is 0 Å². The van der Waals surface area contributed by atoms with Crippen LogP contribution in [-0.2, 0) is 9.53 Å². The van der Waals surface area contributed by atoms with Crippen LogP contribution in [0, 0.1) is 5.92 Å². The lowest BCUT2D eigenvalue weighted by atomic mass is 9.84. The number of piperidine rings is 1. The SMILES string of the molecule is O=C(c1ccoc1)N1C[C@@H]2CCCO[C@@H]2[C@H](N2CCCC2=O)C1. The van der Waals surface area contributed by atoms with E-state index in [0.29, 0.717) is 31.0 Å². The maximum absolute atomic E-state index is 12.7. The fraction of sp³-hybridized carbons (Fsp3) is 0.647. The third-order valence-corrected chi connectivity index (χ3v) is 5.30. The lowest BCUT2D eigenvalue weighted by molar-refractivity contribution is -0.143. The minimum Gasteiger partial charge on any atom is -0.472 e. The smallest absolute Gasteiger partial charge is 0.257 e. The van der Waals surface area contributed by atoms with E-state index in [1.165, 1.54) is 12.5 Å². The molecule has 1 aromatic heterocycles. The van der Waals surface area contributed by atoms with E-state index in [-0.39, 0.29) is 24.0 Å². The highest BCUT2D eigenvalue weighted by Crippen LogP contribution is 2.33. The predicted molar refractivity (Wildman–Crippen MR) is 81.8 cm³/mol. The summed E-state index contributed by atoms with van der Waals surface area (Å²) in [6, 6.07) is 1.68. The van der Waals surface area contributed by atoms with Crippen LogP contribution in [0.3, 0.4) is 0 Å². The van der Waals surface area contributed by atoms with Crippen molar-refractivity contribution in [1.29, 1.82) is 0 Å². The van der Waals surface area contributed by atoms with Crippen molar-refractivity contribution in [2.24, 2.45) is 5.92 Å². The number of carbonyl (C=O) groups excluding carboxylic acids is 2. The summed E-state index contributed by atoms with van der Waals surface area (Å²) in [5.41, 5.74) is 0.576. The molecule has 0 saturated carbocycles. The van der Waals surface area contributed by atoms with Crippen LogP contribution in [0.25, 0.3) is 0 Å². The zero-order valence-corrected chi connectivity index (χ0v) is 13.1. The maximum Gasteiger partial charge on any atom is 0.257 e. The van der Waals surface area contributed by atoms with Crippen LogP contribution in [-0.4, -0.2) is 60.0 Å². The highest BCUT2D eigenvalue weighted by Gasteiger charge is 2.45. The predicted octanol–water partition coefficient (Wildman–Crippen LogP) is 1.52. The van der Waals surface area contributed by atoms with Gasteiger partial charge in [-0.05, 0) is 25.3 Å². The van der Waals surface area contributed by atoms with Crippen LogP contribution < -0.4 is 0 Å². The number of rotatable bonds is 2. The number of nitrogens with zero attached hydrogens (tertiary/aromatic N) is 2. The first-order valence-electron chi connectivity index (χ1n) is 8.46. The van der Waals surface area contributed by atoms with E-state index in [0.717, 1.165) is 32.4 Å². The monoisotopic (exact) mass is 318 g/mol. The fourth-order valence-corrected chi connectivity index (χ4v) is 4.20. The van der Waals surface area contributed by atoms with Gasteiger partial charge in [0.1, 0.15) is 6.26 Å². The van der Waals surface area contributed by atoms with E-state index in [1.807, 2.05) is 9.80 Å². The third kappa shape index (κ3) is 2.65. The Morgan fingerprint density at radius 3 is 2.91 bits per heavy atom. The Hall–Kier alpha value is -1.82. The van der Waals surface area contributed by atoms with Gasteiger partial charge in [-0.2, -0.15) is 0 Å². The number of likely N-dealkylation sites (tertiary alicyclic amines) is 2. The molecule has 2 amide bonds. The van der Waals surface area contributed by atoms with E-state index >= 15 is 0 Å². The quantitative estimate of drug-likeness (QED) is 0.829. The van der Waals surface area contributed by atoms with Crippen molar-refractivity contribution in [3.05, 3.63) is 24.2 Å².